The predicted molar refractivity (Wildman–Crippen MR) is 85.8 cm³/mol. The van der Waals surface area contributed by atoms with Gasteiger partial charge < -0.3 is 14.8 Å². The molecule has 0 bridgehead atoms. The van der Waals surface area contributed by atoms with E-state index in [0.717, 1.165) is 12.3 Å². The van der Waals surface area contributed by atoms with Crippen LogP contribution in [0.15, 0.2) is 36.4 Å². The summed E-state index contributed by atoms with van der Waals surface area (Å²) in [5.74, 6) is 0.964. The number of fused-ring (bicyclic) bond motifs is 1. The summed E-state index contributed by atoms with van der Waals surface area (Å²) >= 11 is 0. The van der Waals surface area contributed by atoms with Crippen molar-refractivity contribution in [3.8, 4) is 5.75 Å². The molecule has 1 atom stereocenters. The number of ether oxygens (including phenoxy) is 2. The first kappa shape index (κ1) is 14.4. The number of hydrogen-bond acceptors (Lipinski definition) is 3. The molecule has 21 heavy (non-hydrogen) atoms. The number of benzene rings is 2. The molecule has 3 nitrogen and oxygen atoms in total. The average Bonchev–Trinajstić information content (AvgIpc) is 3.35. The Morgan fingerprint density at radius 2 is 2.00 bits per heavy atom. The van der Waals surface area contributed by atoms with Gasteiger partial charge in [-0.3, -0.25) is 0 Å². The largest absolute Gasteiger partial charge is 0.491 e. The van der Waals surface area contributed by atoms with Crippen LogP contribution in [0.2, 0.25) is 0 Å². The van der Waals surface area contributed by atoms with Gasteiger partial charge in [-0.05, 0) is 36.6 Å². The van der Waals surface area contributed by atoms with E-state index in [1.54, 1.807) is 7.11 Å². The van der Waals surface area contributed by atoms with Gasteiger partial charge in [0, 0.05) is 25.3 Å². The summed E-state index contributed by atoms with van der Waals surface area (Å²) in [5, 5.41) is 6.13. The lowest BCUT2D eigenvalue weighted by atomic mass is 10.0. The third-order valence-electron chi connectivity index (χ3n) is 4.02. The molecule has 0 spiro atoms. The van der Waals surface area contributed by atoms with E-state index in [1.807, 2.05) is 6.92 Å². The number of nitrogens with one attached hydrogen (secondary N) is 1. The van der Waals surface area contributed by atoms with Crippen molar-refractivity contribution in [1.29, 1.82) is 0 Å². The molecule has 112 valence electrons. The third kappa shape index (κ3) is 3.55. The maximum absolute atomic E-state index is 5.99. The minimum Gasteiger partial charge on any atom is -0.491 e. The van der Waals surface area contributed by atoms with E-state index in [4.69, 9.17) is 9.47 Å². The van der Waals surface area contributed by atoms with E-state index >= 15 is 0 Å². The molecule has 0 aromatic heterocycles. The van der Waals surface area contributed by atoms with Gasteiger partial charge in [-0.1, -0.05) is 30.3 Å². The Kier molecular flexibility index (Phi) is 4.42. The maximum Gasteiger partial charge on any atom is 0.124 e. The summed E-state index contributed by atoms with van der Waals surface area (Å²) in [5.41, 5.74) is 1.25. The highest BCUT2D eigenvalue weighted by Gasteiger charge is 2.21. The van der Waals surface area contributed by atoms with E-state index in [0.29, 0.717) is 12.6 Å². The molecule has 1 fully saturated rings. The molecule has 1 N–H and O–H groups in total. The lowest BCUT2D eigenvalue weighted by Crippen LogP contribution is -2.19. The molecule has 1 aliphatic rings. The fraction of sp³-hybridized carbons (Fsp3) is 0.444. The Morgan fingerprint density at radius 3 is 2.76 bits per heavy atom. The summed E-state index contributed by atoms with van der Waals surface area (Å²) in [7, 11) is 1.71. The molecule has 0 radical (unpaired) electrons. The number of rotatable bonds is 7. The van der Waals surface area contributed by atoms with Crippen molar-refractivity contribution in [2.24, 2.45) is 0 Å². The summed E-state index contributed by atoms with van der Waals surface area (Å²) in [6.45, 7) is 3.46. The second-order valence-corrected chi connectivity index (χ2v) is 5.78. The van der Waals surface area contributed by atoms with Crippen molar-refractivity contribution in [1.82, 2.24) is 5.32 Å². The summed E-state index contributed by atoms with van der Waals surface area (Å²) in [6, 6.07) is 13.4. The molecule has 1 aliphatic carbocycles. The van der Waals surface area contributed by atoms with Crippen molar-refractivity contribution >= 4 is 10.8 Å². The smallest absolute Gasteiger partial charge is 0.124 e. The zero-order valence-corrected chi connectivity index (χ0v) is 12.8. The fourth-order valence-corrected chi connectivity index (χ4v) is 2.44. The van der Waals surface area contributed by atoms with Crippen LogP contribution in [0, 0.1) is 0 Å². The molecule has 2 aromatic carbocycles. The minimum atomic E-state index is 0.0979. The Bertz CT molecular complexity index is 607. The Morgan fingerprint density at radius 1 is 1.19 bits per heavy atom. The second kappa shape index (κ2) is 6.46. The fourth-order valence-electron chi connectivity index (χ4n) is 2.44. The van der Waals surface area contributed by atoms with E-state index in [2.05, 4.69) is 41.7 Å². The molecule has 0 aliphatic heterocycles. The van der Waals surface area contributed by atoms with Crippen LogP contribution in [-0.2, 0) is 11.3 Å². The van der Waals surface area contributed by atoms with Crippen molar-refractivity contribution < 1.29 is 9.47 Å². The van der Waals surface area contributed by atoms with Gasteiger partial charge in [-0.2, -0.15) is 0 Å². The van der Waals surface area contributed by atoms with Crippen LogP contribution in [0.25, 0.3) is 10.8 Å². The lowest BCUT2D eigenvalue weighted by molar-refractivity contribution is 0.0713. The van der Waals surface area contributed by atoms with E-state index in [-0.39, 0.29) is 6.10 Å². The van der Waals surface area contributed by atoms with Gasteiger partial charge >= 0.3 is 0 Å². The molecule has 2 aromatic rings. The Labute approximate surface area is 126 Å². The van der Waals surface area contributed by atoms with Crippen LogP contribution < -0.4 is 10.1 Å². The second-order valence-electron chi connectivity index (χ2n) is 5.78. The standard InChI is InChI=1S/C18H23NO2/c1-13(20-2)12-21-18-10-7-14-5-3-4-6-16(14)17(18)11-19-15-8-9-15/h3-7,10,13,15,19H,8-9,11-12H2,1-2H3. The highest BCUT2D eigenvalue weighted by molar-refractivity contribution is 5.87. The van der Waals surface area contributed by atoms with Gasteiger partial charge in [0.25, 0.3) is 0 Å². The predicted octanol–water partition coefficient (Wildman–Crippen LogP) is 3.51. The maximum atomic E-state index is 5.99. The minimum absolute atomic E-state index is 0.0979. The Balaban J connectivity index is 1.86. The van der Waals surface area contributed by atoms with Crippen molar-refractivity contribution in [2.45, 2.75) is 38.5 Å². The summed E-state index contributed by atoms with van der Waals surface area (Å²) < 4.78 is 11.3. The lowest BCUT2D eigenvalue weighted by Gasteiger charge is -2.17. The van der Waals surface area contributed by atoms with E-state index in [1.165, 1.54) is 29.2 Å². The average molecular weight is 285 g/mol. The molecule has 0 saturated heterocycles. The van der Waals surface area contributed by atoms with Gasteiger partial charge in [0.2, 0.25) is 0 Å². The molecule has 3 heteroatoms. The van der Waals surface area contributed by atoms with E-state index in [9.17, 15) is 0 Å². The highest BCUT2D eigenvalue weighted by atomic mass is 16.5. The van der Waals surface area contributed by atoms with Gasteiger partial charge in [0.05, 0.1) is 6.10 Å². The third-order valence-corrected chi connectivity index (χ3v) is 4.02. The number of methoxy groups -OCH3 is 1. The van der Waals surface area contributed by atoms with Crippen LogP contribution in [0.4, 0.5) is 0 Å². The van der Waals surface area contributed by atoms with Gasteiger partial charge in [0.1, 0.15) is 12.4 Å². The topological polar surface area (TPSA) is 30.5 Å². The number of hydrogen-bond donors (Lipinski definition) is 1. The van der Waals surface area contributed by atoms with E-state index < -0.39 is 0 Å². The molecule has 0 heterocycles. The van der Waals surface area contributed by atoms with Crippen molar-refractivity contribution in [3.63, 3.8) is 0 Å². The highest BCUT2D eigenvalue weighted by Crippen LogP contribution is 2.29. The molecule has 1 saturated carbocycles. The van der Waals surface area contributed by atoms with Crippen LogP contribution in [-0.4, -0.2) is 25.9 Å². The zero-order chi connectivity index (χ0) is 14.7. The monoisotopic (exact) mass is 285 g/mol. The first-order valence-corrected chi connectivity index (χ1v) is 7.67. The van der Waals surface area contributed by atoms with Gasteiger partial charge in [-0.15, -0.1) is 0 Å². The quantitative estimate of drug-likeness (QED) is 0.844. The van der Waals surface area contributed by atoms with Crippen LogP contribution in [0.3, 0.4) is 0 Å². The molecule has 3 rings (SSSR count). The SMILES string of the molecule is COC(C)COc1ccc2ccccc2c1CNC1CC1. The Hall–Kier alpha value is -1.58. The van der Waals surface area contributed by atoms with Crippen LogP contribution in [0.1, 0.15) is 25.3 Å². The van der Waals surface area contributed by atoms with Gasteiger partial charge in [-0.25, -0.2) is 0 Å². The normalized spacial score (nSPS) is 16.1. The molecular weight excluding hydrogens is 262 g/mol. The van der Waals surface area contributed by atoms with Crippen molar-refractivity contribution in [3.05, 3.63) is 42.0 Å². The van der Waals surface area contributed by atoms with Crippen molar-refractivity contribution in [2.75, 3.05) is 13.7 Å². The molecule has 1 unspecified atom stereocenters. The first-order valence-electron chi connectivity index (χ1n) is 7.67. The summed E-state index contributed by atoms with van der Waals surface area (Å²) in [4.78, 5) is 0. The van der Waals surface area contributed by atoms with Crippen LogP contribution in [0.5, 0.6) is 5.75 Å². The summed E-state index contributed by atoms with van der Waals surface area (Å²) in [6.07, 6.45) is 2.68. The first-order chi connectivity index (χ1) is 10.3. The van der Waals surface area contributed by atoms with Gasteiger partial charge in [0.15, 0.2) is 0 Å². The van der Waals surface area contributed by atoms with Crippen LogP contribution >= 0.6 is 0 Å². The molecule has 0 amide bonds. The molecular formula is C18H23NO2. The zero-order valence-electron chi connectivity index (χ0n) is 12.8.